The van der Waals surface area contributed by atoms with Gasteiger partial charge in [0.05, 0.1) is 23.2 Å². The summed E-state index contributed by atoms with van der Waals surface area (Å²) in [7, 11) is -1.65. The van der Waals surface area contributed by atoms with Crippen molar-refractivity contribution in [2.45, 2.75) is 44.6 Å². The number of nitrogens with one attached hydrogen (secondary N) is 2. The van der Waals surface area contributed by atoms with E-state index in [2.05, 4.69) is 42.4 Å². The minimum absolute atomic E-state index is 0.0276. The lowest BCUT2D eigenvalue weighted by molar-refractivity contribution is -0.122. The lowest BCUT2D eigenvalue weighted by Gasteiger charge is -2.36. The molecule has 10 nitrogen and oxygen atoms in total. The van der Waals surface area contributed by atoms with Crippen LogP contribution in [0, 0.1) is 12.7 Å². The number of sulfone groups is 1. The number of benzene rings is 1. The number of amides is 1. The molecule has 12 heteroatoms. The van der Waals surface area contributed by atoms with E-state index in [1.165, 1.54) is 25.1 Å². The molecular weight excluding hydrogens is 557 g/mol. The molecule has 0 spiro atoms. The van der Waals surface area contributed by atoms with E-state index in [-0.39, 0.29) is 34.2 Å². The van der Waals surface area contributed by atoms with Gasteiger partial charge in [0.2, 0.25) is 11.9 Å². The number of pyridine rings is 1. The van der Waals surface area contributed by atoms with Crippen LogP contribution in [0.25, 0.3) is 5.57 Å². The average molecular weight is 594 g/mol. The summed E-state index contributed by atoms with van der Waals surface area (Å²) in [6.07, 6.45) is 6.62. The molecular formula is C30H36FN7O3S. The molecule has 1 fully saturated rings. The molecule has 0 bridgehead atoms. The number of fused-ring (bicyclic) bond motifs is 1. The van der Waals surface area contributed by atoms with Gasteiger partial charge in [-0.2, -0.15) is 0 Å². The summed E-state index contributed by atoms with van der Waals surface area (Å²) in [6.45, 7) is 8.95. The van der Waals surface area contributed by atoms with Crippen LogP contribution in [-0.2, 0) is 21.1 Å². The number of aromatic nitrogens is 3. The summed E-state index contributed by atoms with van der Waals surface area (Å²) in [5.74, 6) is -0.467. The second-order valence-electron chi connectivity index (χ2n) is 10.6. The van der Waals surface area contributed by atoms with Crippen molar-refractivity contribution in [2.75, 3.05) is 49.6 Å². The third-order valence-electron chi connectivity index (χ3n) is 7.92. The summed E-state index contributed by atoms with van der Waals surface area (Å²) in [5.41, 5.74) is 4.11. The summed E-state index contributed by atoms with van der Waals surface area (Å²) in [6, 6.07) is 5.85. The van der Waals surface area contributed by atoms with Gasteiger partial charge in [-0.1, -0.05) is 26.0 Å². The first-order chi connectivity index (χ1) is 20.1. The van der Waals surface area contributed by atoms with E-state index in [1.807, 2.05) is 26.0 Å². The Morgan fingerprint density at radius 1 is 1.12 bits per heavy atom. The number of carbonyl (C=O) groups excluding carboxylic acids is 1. The number of anilines is 3. The topological polar surface area (TPSA) is 120 Å². The van der Waals surface area contributed by atoms with Crippen LogP contribution in [0.5, 0.6) is 0 Å². The molecule has 1 atom stereocenters. The minimum Gasteiger partial charge on any atom is -0.322 e. The molecule has 2 aliphatic rings. The highest BCUT2D eigenvalue weighted by atomic mass is 32.2. The molecule has 1 unspecified atom stereocenters. The molecule has 2 N–H and O–H groups in total. The van der Waals surface area contributed by atoms with Crippen molar-refractivity contribution in [1.82, 2.24) is 24.8 Å². The molecule has 1 aliphatic heterocycles. The van der Waals surface area contributed by atoms with Gasteiger partial charge >= 0.3 is 0 Å². The Labute approximate surface area is 246 Å². The molecule has 222 valence electrons. The van der Waals surface area contributed by atoms with E-state index in [9.17, 15) is 13.2 Å². The van der Waals surface area contributed by atoms with Gasteiger partial charge in [-0.05, 0) is 56.1 Å². The van der Waals surface area contributed by atoms with Crippen LogP contribution in [0.1, 0.15) is 42.7 Å². The summed E-state index contributed by atoms with van der Waals surface area (Å²) >= 11 is 0. The highest BCUT2D eigenvalue weighted by Gasteiger charge is 2.29. The van der Waals surface area contributed by atoms with Gasteiger partial charge in [-0.3, -0.25) is 9.69 Å². The number of halogens is 1. The molecule has 1 aromatic carbocycles. The first-order valence-electron chi connectivity index (χ1n) is 14.2. The van der Waals surface area contributed by atoms with Crippen molar-refractivity contribution >= 4 is 38.8 Å². The Kier molecular flexibility index (Phi) is 8.67. The van der Waals surface area contributed by atoms with Crippen molar-refractivity contribution in [1.29, 1.82) is 0 Å². The Morgan fingerprint density at radius 2 is 1.88 bits per heavy atom. The zero-order valence-electron chi connectivity index (χ0n) is 24.3. The third-order valence-corrected chi connectivity index (χ3v) is 9.66. The maximum Gasteiger partial charge on any atom is 0.242 e. The number of likely N-dealkylation sites (N-methyl/N-ethyl adjacent to an activating group) is 1. The summed E-state index contributed by atoms with van der Waals surface area (Å²) in [4.78, 5) is 31.0. The predicted octanol–water partition coefficient (Wildman–Crippen LogP) is 3.81. The average Bonchev–Trinajstić information content (AvgIpc) is 3.41. The van der Waals surface area contributed by atoms with E-state index in [0.717, 1.165) is 48.4 Å². The van der Waals surface area contributed by atoms with Crippen molar-refractivity contribution in [3.05, 3.63) is 70.9 Å². The predicted molar refractivity (Wildman–Crippen MR) is 161 cm³/mol. The number of piperazine rings is 1. The maximum atomic E-state index is 15.1. The Balaban J connectivity index is 1.38. The molecule has 0 saturated carbocycles. The zero-order chi connectivity index (χ0) is 30.0. The smallest absolute Gasteiger partial charge is 0.242 e. The molecule has 1 saturated heterocycles. The lowest BCUT2D eigenvalue weighted by Crippen LogP contribution is -2.52. The van der Waals surface area contributed by atoms with Crippen LogP contribution in [0.4, 0.5) is 21.8 Å². The number of nitrogens with zero attached hydrogens (tertiary/aromatic N) is 5. The first kappa shape index (κ1) is 29.7. The summed E-state index contributed by atoms with van der Waals surface area (Å²) in [5, 5.41) is 5.93. The van der Waals surface area contributed by atoms with Crippen molar-refractivity contribution in [3.8, 4) is 0 Å². The number of rotatable bonds is 9. The second-order valence-corrected chi connectivity index (χ2v) is 12.9. The van der Waals surface area contributed by atoms with Gasteiger partial charge in [0.25, 0.3) is 0 Å². The molecule has 1 amide bonds. The molecule has 42 heavy (non-hydrogen) atoms. The van der Waals surface area contributed by atoms with Gasteiger partial charge < -0.3 is 15.5 Å². The van der Waals surface area contributed by atoms with Gasteiger partial charge in [0.15, 0.2) is 15.7 Å². The lowest BCUT2D eigenvalue weighted by atomic mass is 10.0. The summed E-state index contributed by atoms with van der Waals surface area (Å²) < 4.78 is 39.8. The normalized spacial score (nSPS) is 16.5. The fraction of sp³-hybridized carbons (Fsp3) is 0.400. The van der Waals surface area contributed by atoms with Gasteiger partial charge in [0.1, 0.15) is 10.7 Å². The molecule has 3 aromatic rings. The Bertz CT molecular complexity index is 1640. The Hall–Kier alpha value is -3.74. The number of allylic oxidation sites excluding steroid dienone is 1. The van der Waals surface area contributed by atoms with Crippen molar-refractivity contribution < 1.29 is 17.6 Å². The van der Waals surface area contributed by atoms with Crippen LogP contribution < -0.4 is 10.6 Å². The number of carbonyl (C=O) groups is 1. The standard InChI is InChI=1S/C30H36FN7O3S/c1-5-24(38-16-14-37(4)15-17-38)29(39)36-28-22-11-10-21(20(22)12-13-32-28)27-19(3)18-33-30(35-27)34-23-8-7-9-25(26(23)31)42(40,41)6-2/h7-10,12-13,18,24H,5-6,11,14-17H2,1-4H3,(H,32,36,39)(H,33,34,35). The highest BCUT2D eigenvalue weighted by Crippen LogP contribution is 2.36. The SMILES string of the molecule is CCC(C(=O)Nc1nccc2c1CC=C2c1nc(Nc2cccc(S(=O)(=O)CC)c2F)ncc1C)N1CCN(C)CC1. The monoisotopic (exact) mass is 593 g/mol. The van der Waals surface area contributed by atoms with E-state index < -0.39 is 15.7 Å². The molecule has 1 aliphatic carbocycles. The van der Waals surface area contributed by atoms with Gasteiger partial charge in [-0.15, -0.1) is 0 Å². The van der Waals surface area contributed by atoms with Crippen LogP contribution in [0.15, 0.2) is 47.6 Å². The fourth-order valence-electron chi connectivity index (χ4n) is 5.44. The number of hydrogen-bond donors (Lipinski definition) is 2. The van der Waals surface area contributed by atoms with Crippen LogP contribution in [0.2, 0.25) is 0 Å². The van der Waals surface area contributed by atoms with Crippen LogP contribution in [-0.4, -0.2) is 84.1 Å². The first-order valence-corrected chi connectivity index (χ1v) is 15.8. The minimum atomic E-state index is -3.74. The quantitative estimate of drug-likeness (QED) is 0.382. The molecule has 3 heterocycles. The van der Waals surface area contributed by atoms with Gasteiger partial charge in [-0.25, -0.2) is 27.8 Å². The zero-order valence-corrected chi connectivity index (χ0v) is 25.1. The number of hydrogen-bond acceptors (Lipinski definition) is 9. The van der Waals surface area contributed by atoms with Crippen LogP contribution >= 0.6 is 0 Å². The third kappa shape index (κ3) is 5.92. The van der Waals surface area contributed by atoms with Crippen molar-refractivity contribution in [3.63, 3.8) is 0 Å². The second kappa shape index (κ2) is 12.2. The molecule has 2 aromatic heterocycles. The van der Waals surface area contributed by atoms with E-state index in [4.69, 9.17) is 0 Å². The van der Waals surface area contributed by atoms with E-state index in [0.29, 0.717) is 24.4 Å². The fourth-order valence-corrected chi connectivity index (χ4v) is 6.42. The highest BCUT2D eigenvalue weighted by molar-refractivity contribution is 7.91. The number of aryl methyl sites for hydroxylation is 1. The van der Waals surface area contributed by atoms with Gasteiger partial charge in [0, 0.05) is 49.7 Å². The van der Waals surface area contributed by atoms with Crippen molar-refractivity contribution in [2.24, 2.45) is 0 Å². The van der Waals surface area contributed by atoms with E-state index in [1.54, 1.807) is 12.4 Å². The van der Waals surface area contributed by atoms with Crippen LogP contribution in [0.3, 0.4) is 0 Å². The maximum absolute atomic E-state index is 15.1. The largest absolute Gasteiger partial charge is 0.322 e. The molecule has 0 radical (unpaired) electrons. The van der Waals surface area contributed by atoms with E-state index >= 15 is 4.39 Å². The Morgan fingerprint density at radius 3 is 2.60 bits per heavy atom. The molecule has 5 rings (SSSR count).